The molecule has 5 heteroatoms. The van der Waals surface area contributed by atoms with E-state index in [1.807, 2.05) is 12.1 Å². The highest BCUT2D eigenvalue weighted by molar-refractivity contribution is 5.93. The number of carbonyl (C=O) groups excluding carboxylic acids is 1. The third-order valence-electron chi connectivity index (χ3n) is 4.02. The summed E-state index contributed by atoms with van der Waals surface area (Å²) in [6.07, 6.45) is 2.32. The van der Waals surface area contributed by atoms with Crippen molar-refractivity contribution in [3.8, 4) is 17.2 Å². The molecule has 126 valence electrons. The number of carbonyl (C=O) groups is 1. The van der Waals surface area contributed by atoms with Crippen LogP contribution in [0.15, 0.2) is 36.4 Å². The molecule has 0 unspecified atom stereocenters. The van der Waals surface area contributed by atoms with Gasteiger partial charge in [-0.05, 0) is 42.2 Å². The van der Waals surface area contributed by atoms with Crippen LogP contribution in [0, 0.1) is 0 Å². The highest BCUT2D eigenvalue weighted by atomic mass is 16.5. The molecular formula is C19H21NO4. The first-order valence-electron chi connectivity index (χ1n) is 7.96. The molecule has 1 N–H and O–H groups in total. The molecule has 0 atom stereocenters. The van der Waals surface area contributed by atoms with E-state index in [1.54, 1.807) is 32.4 Å². The lowest BCUT2D eigenvalue weighted by Crippen LogP contribution is -2.16. The molecule has 0 aliphatic carbocycles. The van der Waals surface area contributed by atoms with E-state index in [4.69, 9.17) is 14.2 Å². The summed E-state index contributed by atoms with van der Waals surface area (Å²) in [7, 11) is 3.15. The van der Waals surface area contributed by atoms with Gasteiger partial charge in [0.05, 0.1) is 32.9 Å². The average Bonchev–Trinajstić information content (AvgIpc) is 2.62. The molecule has 24 heavy (non-hydrogen) atoms. The molecule has 3 rings (SSSR count). The molecule has 0 bridgehead atoms. The fourth-order valence-electron chi connectivity index (χ4n) is 2.81. The summed E-state index contributed by atoms with van der Waals surface area (Å²) in [4.78, 5) is 12.3. The van der Waals surface area contributed by atoms with E-state index >= 15 is 0 Å². The molecule has 0 saturated heterocycles. The smallest absolute Gasteiger partial charge is 0.228 e. The van der Waals surface area contributed by atoms with Crippen molar-refractivity contribution in [3.05, 3.63) is 47.5 Å². The molecule has 5 nitrogen and oxygen atoms in total. The lowest BCUT2D eigenvalue weighted by Gasteiger charge is -2.18. The lowest BCUT2D eigenvalue weighted by molar-refractivity contribution is -0.115. The number of hydrogen-bond acceptors (Lipinski definition) is 4. The van der Waals surface area contributed by atoms with Gasteiger partial charge in [-0.25, -0.2) is 0 Å². The van der Waals surface area contributed by atoms with E-state index in [2.05, 4.69) is 11.4 Å². The first-order chi connectivity index (χ1) is 11.7. The number of hydrogen-bond donors (Lipinski definition) is 1. The summed E-state index contributed by atoms with van der Waals surface area (Å²) >= 11 is 0. The average molecular weight is 327 g/mol. The van der Waals surface area contributed by atoms with E-state index in [9.17, 15) is 4.79 Å². The van der Waals surface area contributed by atoms with Gasteiger partial charge in [0.25, 0.3) is 0 Å². The summed E-state index contributed by atoms with van der Waals surface area (Å²) in [5, 5.41) is 2.89. The van der Waals surface area contributed by atoms with E-state index < -0.39 is 0 Å². The Morgan fingerprint density at radius 1 is 1.17 bits per heavy atom. The molecule has 1 aliphatic heterocycles. The van der Waals surface area contributed by atoms with Crippen molar-refractivity contribution in [2.75, 3.05) is 26.1 Å². The second kappa shape index (κ2) is 7.25. The Balaban J connectivity index is 1.69. The third-order valence-corrected chi connectivity index (χ3v) is 4.02. The molecule has 1 amide bonds. The number of benzene rings is 2. The Bertz CT molecular complexity index is 742. The van der Waals surface area contributed by atoms with E-state index in [-0.39, 0.29) is 5.91 Å². The Labute approximate surface area is 141 Å². The van der Waals surface area contributed by atoms with Crippen LogP contribution in [0.25, 0.3) is 0 Å². The van der Waals surface area contributed by atoms with Crippen LogP contribution >= 0.6 is 0 Å². The van der Waals surface area contributed by atoms with Crippen molar-refractivity contribution >= 4 is 11.6 Å². The minimum Gasteiger partial charge on any atom is -0.497 e. The van der Waals surface area contributed by atoms with Crippen molar-refractivity contribution in [2.45, 2.75) is 19.3 Å². The van der Waals surface area contributed by atoms with E-state index in [0.717, 1.165) is 30.8 Å². The Morgan fingerprint density at radius 2 is 2.04 bits per heavy atom. The standard InChI is InChI=1S/C19H21NO4/c1-22-15-6-7-16(18(12-15)23-2)20-19(21)11-13-5-8-17-14(10-13)4-3-9-24-17/h5-8,10,12H,3-4,9,11H2,1-2H3,(H,20,21). The topological polar surface area (TPSA) is 56.8 Å². The van der Waals surface area contributed by atoms with Crippen LogP contribution in [0.2, 0.25) is 0 Å². The number of amides is 1. The normalized spacial score (nSPS) is 12.8. The molecule has 0 aromatic heterocycles. The van der Waals surface area contributed by atoms with E-state index in [0.29, 0.717) is 23.6 Å². The summed E-state index contributed by atoms with van der Waals surface area (Å²) in [6.45, 7) is 0.768. The van der Waals surface area contributed by atoms with Crippen molar-refractivity contribution < 1.29 is 19.0 Å². The van der Waals surface area contributed by atoms with Crippen LogP contribution in [0.3, 0.4) is 0 Å². The van der Waals surface area contributed by atoms with Gasteiger partial charge in [-0.2, -0.15) is 0 Å². The van der Waals surface area contributed by atoms with Crippen LogP contribution < -0.4 is 19.5 Å². The zero-order chi connectivity index (χ0) is 16.9. The minimum absolute atomic E-state index is 0.0878. The number of rotatable bonds is 5. The van der Waals surface area contributed by atoms with Crippen LogP contribution in [-0.4, -0.2) is 26.7 Å². The van der Waals surface area contributed by atoms with Crippen molar-refractivity contribution in [1.29, 1.82) is 0 Å². The Morgan fingerprint density at radius 3 is 2.83 bits per heavy atom. The van der Waals surface area contributed by atoms with Gasteiger partial charge in [0, 0.05) is 6.07 Å². The highest BCUT2D eigenvalue weighted by Crippen LogP contribution is 2.29. The van der Waals surface area contributed by atoms with Gasteiger partial charge < -0.3 is 19.5 Å². The van der Waals surface area contributed by atoms with E-state index in [1.165, 1.54) is 5.56 Å². The highest BCUT2D eigenvalue weighted by Gasteiger charge is 2.13. The monoisotopic (exact) mass is 327 g/mol. The van der Waals surface area contributed by atoms with Gasteiger partial charge in [0.1, 0.15) is 17.2 Å². The minimum atomic E-state index is -0.0878. The quantitative estimate of drug-likeness (QED) is 0.916. The second-order valence-electron chi connectivity index (χ2n) is 5.69. The third kappa shape index (κ3) is 3.62. The number of fused-ring (bicyclic) bond motifs is 1. The van der Waals surface area contributed by atoms with Gasteiger partial charge in [-0.3, -0.25) is 4.79 Å². The molecule has 1 heterocycles. The summed E-state index contributed by atoms with van der Waals surface area (Å²) in [5.74, 6) is 2.10. The maximum absolute atomic E-state index is 12.3. The SMILES string of the molecule is COc1ccc(NC(=O)Cc2ccc3c(c2)CCCO3)c(OC)c1. The number of nitrogens with one attached hydrogen (secondary N) is 1. The number of ether oxygens (including phenoxy) is 3. The van der Waals surface area contributed by atoms with Gasteiger partial charge in [-0.1, -0.05) is 12.1 Å². The number of methoxy groups -OCH3 is 2. The molecule has 1 aliphatic rings. The van der Waals surface area contributed by atoms with Crippen molar-refractivity contribution in [3.63, 3.8) is 0 Å². The van der Waals surface area contributed by atoms with Crippen LogP contribution in [0.4, 0.5) is 5.69 Å². The van der Waals surface area contributed by atoms with Crippen molar-refractivity contribution in [2.24, 2.45) is 0 Å². The molecule has 0 radical (unpaired) electrons. The van der Waals surface area contributed by atoms with Gasteiger partial charge in [0.2, 0.25) is 5.91 Å². The number of aryl methyl sites for hydroxylation is 1. The Kier molecular flexibility index (Phi) is 4.89. The van der Waals surface area contributed by atoms with Crippen molar-refractivity contribution in [1.82, 2.24) is 0 Å². The molecule has 0 fully saturated rings. The van der Waals surface area contributed by atoms with Gasteiger partial charge in [-0.15, -0.1) is 0 Å². The predicted molar refractivity (Wildman–Crippen MR) is 92.1 cm³/mol. The largest absolute Gasteiger partial charge is 0.497 e. The van der Waals surface area contributed by atoms with Crippen LogP contribution in [0.5, 0.6) is 17.2 Å². The predicted octanol–water partition coefficient (Wildman–Crippen LogP) is 3.21. The first-order valence-corrected chi connectivity index (χ1v) is 7.96. The molecule has 2 aromatic carbocycles. The molecule has 0 saturated carbocycles. The number of anilines is 1. The van der Waals surface area contributed by atoms with Crippen LogP contribution in [-0.2, 0) is 17.6 Å². The Hall–Kier alpha value is -2.69. The zero-order valence-electron chi connectivity index (χ0n) is 13.9. The van der Waals surface area contributed by atoms with Gasteiger partial charge in [0.15, 0.2) is 0 Å². The summed E-state index contributed by atoms with van der Waals surface area (Å²) < 4.78 is 16.1. The summed E-state index contributed by atoms with van der Waals surface area (Å²) in [5.41, 5.74) is 2.78. The fraction of sp³-hybridized carbons (Fsp3) is 0.316. The van der Waals surface area contributed by atoms with Gasteiger partial charge >= 0.3 is 0 Å². The first kappa shape index (κ1) is 16.2. The molecule has 2 aromatic rings. The second-order valence-corrected chi connectivity index (χ2v) is 5.69. The molecular weight excluding hydrogens is 306 g/mol. The lowest BCUT2D eigenvalue weighted by atomic mass is 10.0. The summed E-state index contributed by atoms with van der Waals surface area (Å²) in [6, 6.07) is 11.2. The van der Waals surface area contributed by atoms with Crippen LogP contribution in [0.1, 0.15) is 17.5 Å². The maximum atomic E-state index is 12.3. The fourth-order valence-corrected chi connectivity index (χ4v) is 2.81. The maximum Gasteiger partial charge on any atom is 0.228 e. The zero-order valence-corrected chi connectivity index (χ0v) is 13.9. The molecule has 0 spiro atoms.